The van der Waals surface area contributed by atoms with Crippen molar-refractivity contribution in [1.82, 2.24) is 10.2 Å². The molecule has 1 aromatic carbocycles. The minimum Gasteiger partial charge on any atom is -0.507 e. The number of phenolic OH excluding ortho intramolecular Hbond substituents is 1. The van der Waals surface area contributed by atoms with E-state index < -0.39 is 12.5 Å². The number of aryl methyl sites for hydroxylation is 1. The Morgan fingerprint density at radius 2 is 2.12 bits per heavy atom. The van der Waals surface area contributed by atoms with Gasteiger partial charge in [0.15, 0.2) is 5.82 Å². The molecule has 140 valence electrons. The summed E-state index contributed by atoms with van der Waals surface area (Å²) in [6, 6.07) is 4.11. The van der Waals surface area contributed by atoms with E-state index in [1.165, 1.54) is 12.1 Å². The van der Waals surface area contributed by atoms with Crippen LogP contribution < -0.4 is 4.90 Å². The number of halogens is 3. The molecule has 6 nitrogen and oxygen atoms in total. The number of aliphatic hydroxyl groups excluding tert-OH is 1. The number of nitrogens with zero attached hydrogens (tertiary/aromatic N) is 3. The van der Waals surface area contributed by atoms with Crippen LogP contribution in [-0.4, -0.2) is 52.8 Å². The van der Waals surface area contributed by atoms with E-state index in [1.54, 1.807) is 17.9 Å². The lowest BCUT2D eigenvalue weighted by molar-refractivity contribution is 0.00330. The highest BCUT2D eigenvalue weighted by Crippen LogP contribution is 2.39. The Labute approximate surface area is 154 Å². The lowest BCUT2D eigenvalue weighted by Gasteiger charge is -2.32. The van der Waals surface area contributed by atoms with Gasteiger partial charge in [-0.2, -0.15) is 0 Å². The van der Waals surface area contributed by atoms with Gasteiger partial charge in [-0.3, -0.25) is 0 Å². The van der Waals surface area contributed by atoms with Crippen molar-refractivity contribution in [3.8, 4) is 17.0 Å². The molecule has 3 rings (SSSR count). The van der Waals surface area contributed by atoms with Gasteiger partial charge in [-0.15, -0.1) is 10.2 Å². The highest BCUT2D eigenvalue weighted by atomic mass is 35.5. The lowest BCUT2D eigenvalue weighted by atomic mass is 10.0. The van der Waals surface area contributed by atoms with Crippen molar-refractivity contribution in [2.45, 2.75) is 19.5 Å². The fourth-order valence-electron chi connectivity index (χ4n) is 2.98. The number of aromatic hydroxyl groups is 1. The number of anilines is 1. The van der Waals surface area contributed by atoms with E-state index in [9.17, 15) is 19.0 Å². The number of hydrogen-bond donors (Lipinski definition) is 2. The maximum Gasteiger partial charge on any atom is 0.266 e. The molecule has 0 bridgehead atoms. The number of alkyl halides is 2. The van der Waals surface area contributed by atoms with Crippen LogP contribution in [0.2, 0.25) is 5.02 Å². The molecule has 0 saturated carbocycles. The summed E-state index contributed by atoms with van der Waals surface area (Å²) in [5.41, 5.74) is 0.287. The van der Waals surface area contributed by atoms with E-state index in [2.05, 4.69) is 10.2 Å². The van der Waals surface area contributed by atoms with Crippen molar-refractivity contribution < 1.29 is 23.7 Å². The second-order valence-corrected chi connectivity index (χ2v) is 6.48. The number of hydrogen-bond acceptors (Lipinski definition) is 6. The van der Waals surface area contributed by atoms with Crippen molar-refractivity contribution in [2.24, 2.45) is 0 Å². The SMILES string of the molecule is Cc1cc(Cl)cc(O)c1-c1nnc(N2CCO[C@H](CO)C2)cc1C(F)F. The highest BCUT2D eigenvalue weighted by molar-refractivity contribution is 6.31. The number of rotatable bonds is 4. The van der Waals surface area contributed by atoms with Gasteiger partial charge < -0.3 is 19.8 Å². The van der Waals surface area contributed by atoms with Gasteiger partial charge in [-0.05, 0) is 30.7 Å². The maximum absolute atomic E-state index is 13.7. The molecule has 2 N–H and O–H groups in total. The van der Waals surface area contributed by atoms with Crippen molar-refractivity contribution in [2.75, 3.05) is 31.2 Å². The number of aromatic nitrogens is 2. The largest absolute Gasteiger partial charge is 0.507 e. The molecule has 1 fully saturated rings. The summed E-state index contributed by atoms with van der Waals surface area (Å²) >= 11 is 5.88. The minimum absolute atomic E-state index is 0.0811. The van der Waals surface area contributed by atoms with Crippen LogP contribution in [-0.2, 0) is 4.74 Å². The number of aliphatic hydroxyl groups is 1. The van der Waals surface area contributed by atoms with E-state index in [-0.39, 0.29) is 35.0 Å². The summed E-state index contributed by atoms with van der Waals surface area (Å²) in [6.45, 7) is 2.63. The average molecular weight is 386 g/mol. The molecule has 1 saturated heterocycles. The summed E-state index contributed by atoms with van der Waals surface area (Å²) in [6.07, 6.45) is -3.20. The molecule has 0 radical (unpaired) electrons. The molecular weight excluding hydrogens is 368 g/mol. The summed E-state index contributed by atoms with van der Waals surface area (Å²) in [4.78, 5) is 1.74. The second-order valence-electron chi connectivity index (χ2n) is 6.05. The van der Waals surface area contributed by atoms with E-state index in [1.807, 2.05) is 0 Å². The van der Waals surface area contributed by atoms with Crippen molar-refractivity contribution in [3.63, 3.8) is 0 Å². The Balaban J connectivity index is 2.03. The Kier molecular flexibility index (Phi) is 5.55. The quantitative estimate of drug-likeness (QED) is 0.842. The van der Waals surface area contributed by atoms with Gasteiger partial charge in [-0.25, -0.2) is 8.78 Å². The smallest absolute Gasteiger partial charge is 0.266 e. The van der Waals surface area contributed by atoms with Gasteiger partial charge in [0.2, 0.25) is 0 Å². The normalized spacial score (nSPS) is 17.8. The zero-order valence-corrected chi connectivity index (χ0v) is 14.7. The van der Waals surface area contributed by atoms with Crippen molar-refractivity contribution >= 4 is 17.4 Å². The Bertz CT molecular complexity index is 784. The molecule has 0 aliphatic carbocycles. The summed E-state index contributed by atoms with van der Waals surface area (Å²) in [7, 11) is 0. The average Bonchev–Trinajstić information content (AvgIpc) is 2.61. The third kappa shape index (κ3) is 3.72. The number of phenols is 1. The molecule has 1 atom stereocenters. The lowest BCUT2D eigenvalue weighted by Crippen LogP contribution is -2.44. The number of morpholine rings is 1. The first kappa shape index (κ1) is 18.8. The van der Waals surface area contributed by atoms with E-state index in [0.717, 1.165) is 0 Å². The third-order valence-electron chi connectivity index (χ3n) is 4.23. The van der Waals surface area contributed by atoms with Gasteiger partial charge in [0.25, 0.3) is 6.43 Å². The van der Waals surface area contributed by atoms with Crippen LogP contribution in [0.5, 0.6) is 5.75 Å². The van der Waals surface area contributed by atoms with E-state index >= 15 is 0 Å². The Hall–Kier alpha value is -2.03. The number of ether oxygens (including phenoxy) is 1. The Morgan fingerprint density at radius 1 is 1.35 bits per heavy atom. The first-order chi connectivity index (χ1) is 12.4. The van der Waals surface area contributed by atoms with Crippen LogP contribution in [0.4, 0.5) is 14.6 Å². The van der Waals surface area contributed by atoms with Gasteiger partial charge in [0.1, 0.15) is 11.4 Å². The van der Waals surface area contributed by atoms with Crippen molar-refractivity contribution in [3.05, 3.63) is 34.3 Å². The topological polar surface area (TPSA) is 78.7 Å². The van der Waals surface area contributed by atoms with Gasteiger partial charge in [0, 0.05) is 29.2 Å². The van der Waals surface area contributed by atoms with Gasteiger partial charge in [-0.1, -0.05) is 11.6 Å². The van der Waals surface area contributed by atoms with Crippen molar-refractivity contribution in [1.29, 1.82) is 0 Å². The molecule has 2 aromatic rings. The zero-order valence-electron chi connectivity index (χ0n) is 14.0. The standard InChI is InChI=1S/C17H18ClF2N3O3/c1-9-4-10(18)5-13(25)15(9)16-12(17(19)20)6-14(21-22-16)23-2-3-26-11(7-23)8-24/h4-6,11,17,24-25H,2-3,7-8H2,1H3/t11-/m0/s1. The summed E-state index contributed by atoms with van der Waals surface area (Å²) < 4.78 is 32.7. The summed E-state index contributed by atoms with van der Waals surface area (Å²) in [5.74, 6) is 0.0440. The number of benzene rings is 1. The first-order valence-electron chi connectivity index (χ1n) is 8.03. The predicted octanol–water partition coefficient (Wildman–Crippen LogP) is 2.95. The van der Waals surface area contributed by atoms with E-state index in [0.29, 0.717) is 30.3 Å². The molecular formula is C17H18ClF2N3O3. The molecule has 1 aromatic heterocycles. The summed E-state index contributed by atoms with van der Waals surface area (Å²) in [5, 5.41) is 27.7. The van der Waals surface area contributed by atoms with Crippen LogP contribution in [0, 0.1) is 6.92 Å². The molecule has 0 spiro atoms. The van der Waals surface area contributed by atoms with Crippen LogP contribution in [0.1, 0.15) is 17.6 Å². The molecule has 2 heterocycles. The fourth-order valence-corrected chi connectivity index (χ4v) is 3.25. The molecule has 0 amide bonds. The molecule has 26 heavy (non-hydrogen) atoms. The molecule has 0 unspecified atom stereocenters. The predicted molar refractivity (Wildman–Crippen MR) is 92.9 cm³/mol. The van der Waals surface area contributed by atoms with Crippen LogP contribution >= 0.6 is 11.6 Å². The zero-order chi connectivity index (χ0) is 18.8. The minimum atomic E-state index is -2.80. The van der Waals surface area contributed by atoms with Crippen LogP contribution in [0.15, 0.2) is 18.2 Å². The van der Waals surface area contributed by atoms with Gasteiger partial charge in [0.05, 0.1) is 19.3 Å². The first-order valence-corrected chi connectivity index (χ1v) is 8.41. The highest BCUT2D eigenvalue weighted by Gasteiger charge is 2.26. The third-order valence-corrected chi connectivity index (χ3v) is 4.45. The monoisotopic (exact) mass is 385 g/mol. The Morgan fingerprint density at radius 3 is 2.77 bits per heavy atom. The van der Waals surface area contributed by atoms with Gasteiger partial charge >= 0.3 is 0 Å². The maximum atomic E-state index is 13.7. The van der Waals surface area contributed by atoms with Crippen LogP contribution in [0.25, 0.3) is 11.3 Å². The molecule has 9 heteroatoms. The second kappa shape index (κ2) is 7.69. The molecule has 1 aliphatic rings. The van der Waals surface area contributed by atoms with E-state index in [4.69, 9.17) is 16.3 Å². The fraction of sp³-hybridized carbons (Fsp3) is 0.412. The molecule has 1 aliphatic heterocycles. The van der Waals surface area contributed by atoms with Crippen LogP contribution in [0.3, 0.4) is 0 Å².